The molecule has 0 bridgehead atoms. The molecule has 0 aromatic rings. The fourth-order valence-electron chi connectivity index (χ4n) is 0.857. The van der Waals surface area contributed by atoms with Gasteiger partial charge in [0.1, 0.15) is 0 Å². The van der Waals surface area contributed by atoms with Gasteiger partial charge in [0.05, 0.1) is 0 Å². The van der Waals surface area contributed by atoms with E-state index in [0.29, 0.717) is 32.1 Å². The third-order valence-electron chi connectivity index (χ3n) is 1.61. The van der Waals surface area contributed by atoms with Crippen molar-refractivity contribution in [2.75, 3.05) is 0 Å². The maximum absolute atomic E-state index is 10.3. The lowest BCUT2D eigenvalue weighted by molar-refractivity contribution is -0.137. The van der Waals surface area contributed by atoms with Gasteiger partial charge < -0.3 is 5.11 Å². The van der Waals surface area contributed by atoms with Gasteiger partial charge in [-0.05, 0) is 36.3 Å². The standard InChI is InChI=1S/C12H13ClO3/c13-11(14)9-7-5-3-1-2-4-6-8-10-12(15)16/h5-10H2,(H,15,16). The van der Waals surface area contributed by atoms with E-state index in [-0.39, 0.29) is 11.7 Å². The number of carbonyl (C=O) groups is 2. The van der Waals surface area contributed by atoms with Crippen LogP contribution in [0.15, 0.2) is 0 Å². The third kappa shape index (κ3) is 12.6. The first-order valence-corrected chi connectivity index (χ1v) is 5.36. The minimum Gasteiger partial charge on any atom is -0.481 e. The van der Waals surface area contributed by atoms with Crippen molar-refractivity contribution in [3.8, 4) is 23.7 Å². The lowest BCUT2D eigenvalue weighted by Crippen LogP contribution is -1.92. The molecule has 0 amide bonds. The molecule has 0 aliphatic heterocycles. The monoisotopic (exact) mass is 240 g/mol. The highest BCUT2D eigenvalue weighted by Crippen LogP contribution is 1.97. The Bertz CT molecular complexity index is 316. The Labute approximate surface area is 100 Å². The van der Waals surface area contributed by atoms with E-state index in [1.54, 1.807) is 0 Å². The van der Waals surface area contributed by atoms with Crippen LogP contribution in [-0.2, 0) is 9.59 Å². The van der Waals surface area contributed by atoms with Crippen LogP contribution in [0.3, 0.4) is 0 Å². The molecule has 86 valence electrons. The van der Waals surface area contributed by atoms with Gasteiger partial charge in [-0.1, -0.05) is 11.8 Å². The summed E-state index contributed by atoms with van der Waals surface area (Å²) in [6, 6.07) is 0. The van der Waals surface area contributed by atoms with Gasteiger partial charge in [-0.15, -0.1) is 0 Å². The number of carbonyl (C=O) groups excluding carboxylic acids is 1. The summed E-state index contributed by atoms with van der Waals surface area (Å²) in [6.45, 7) is 0. The Kier molecular flexibility index (Phi) is 9.17. The first-order valence-electron chi connectivity index (χ1n) is 4.99. The van der Waals surface area contributed by atoms with Crippen LogP contribution in [0, 0.1) is 23.7 Å². The molecule has 0 saturated heterocycles. The summed E-state index contributed by atoms with van der Waals surface area (Å²) in [6.07, 6.45) is 2.81. The number of rotatable bonds is 6. The van der Waals surface area contributed by atoms with E-state index < -0.39 is 5.97 Å². The lowest BCUT2D eigenvalue weighted by atomic mass is 10.2. The predicted molar refractivity (Wildman–Crippen MR) is 61.7 cm³/mol. The van der Waals surface area contributed by atoms with Crippen molar-refractivity contribution in [2.45, 2.75) is 38.5 Å². The van der Waals surface area contributed by atoms with Crippen molar-refractivity contribution in [3.05, 3.63) is 0 Å². The van der Waals surface area contributed by atoms with E-state index in [2.05, 4.69) is 23.7 Å². The van der Waals surface area contributed by atoms with Crippen molar-refractivity contribution in [2.24, 2.45) is 0 Å². The van der Waals surface area contributed by atoms with E-state index in [1.807, 2.05) is 0 Å². The normalized spacial score (nSPS) is 8.31. The maximum Gasteiger partial charge on any atom is 0.303 e. The van der Waals surface area contributed by atoms with Crippen LogP contribution in [-0.4, -0.2) is 16.3 Å². The number of carboxylic acid groups (broad SMARTS) is 1. The van der Waals surface area contributed by atoms with Gasteiger partial charge >= 0.3 is 5.97 Å². The summed E-state index contributed by atoms with van der Waals surface area (Å²) >= 11 is 5.14. The minimum absolute atomic E-state index is 0.139. The summed E-state index contributed by atoms with van der Waals surface area (Å²) in [7, 11) is 0. The molecule has 16 heavy (non-hydrogen) atoms. The largest absolute Gasteiger partial charge is 0.481 e. The topological polar surface area (TPSA) is 54.4 Å². The molecule has 3 nitrogen and oxygen atoms in total. The first-order chi connectivity index (χ1) is 7.63. The number of aliphatic carboxylic acids is 1. The molecular weight excluding hydrogens is 228 g/mol. The number of carboxylic acids is 1. The number of unbranched alkanes of at least 4 members (excludes halogenated alkanes) is 2. The zero-order valence-corrected chi connectivity index (χ0v) is 9.64. The van der Waals surface area contributed by atoms with E-state index in [0.717, 1.165) is 0 Å². The van der Waals surface area contributed by atoms with Gasteiger partial charge in [0.2, 0.25) is 5.24 Å². The van der Waals surface area contributed by atoms with Gasteiger partial charge in [-0.25, -0.2) is 0 Å². The highest BCUT2D eigenvalue weighted by atomic mass is 35.5. The smallest absolute Gasteiger partial charge is 0.303 e. The zero-order chi connectivity index (χ0) is 12.2. The third-order valence-corrected chi connectivity index (χ3v) is 1.80. The fourth-order valence-corrected chi connectivity index (χ4v) is 0.991. The highest BCUT2D eigenvalue weighted by Gasteiger charge is 1.93. The second-order valence-corrected chi connectivity index (χ2v) is 3.48. The molecule has 0 spiro atoms. The number of hydrogen-bond donors (Lipinski definition) is 1. The van der Waals surface area contributed by atoms with Crippen molar-refractivity contribution < 1.29 is 14.7 Å². The molecule has 0 saturated carbocycles. The highest BCUT2D eigenvalue weighted by molar-refractivity contribution is 6.63. The molecule has 0 atom stereocenters. The molecule has 0 aromatic carbocycles. The Morgan fingerprint density at radius 2 is 1.50 bits per heavy atom. The van der Waals surface area contributed by atoms with Crippen molar-refractivity contribution in [1.29, 1.82) is 0 Å². The first kappa shape index (κ1) is 14.6. The van der Waals surface area contributed by atoms with Gasteiger partial charge in [0, 0.05) is 25.7 Å². The molecule has 4 heteroatoms. The second-order valence-electron chi connectivity index (χ2n) is 3.06. The van der Waals surface area contributed by atoms with Crippen LogP contribution in [0.1, 0.15) is 38.5 Å². The van der Waals surface area contributed by atoms with Crippen molar-refractivity contribution in [3.63, 3.8) is 0 Å². The Hall–Kier alpha value is -1.45. The summed E-state index contributed by atoms with van der Waals surface area (Å²) in [5.41, 5.74) is 0. The molecule has 0 fully saturated rings. The van der Waals surface area contributed by atoms with Gasteiger partial charge in [-0.2, -0.15) is 0 Å². The molecule has 0 aromatic heterocycles. The van der Waals surface area contributed by atoms with Crippen molar-refractivity contribution >= 4 is 22.8 Å². The molecule has 0 rings (SSSR count). The summed E-state index contributed by atoms with van der Waals surface area (Å²) < 4.78 is 0. The van der Waals surface area contributed by atoms with Crippen molar-refractivity contribution in [1.82, 2.24) is 0 Å². The summed E-state index contributed by atoms with van der Waals surface area (Å²) in [5.74, 6) is 10.0. The average molecular weight is 241 g/mol. The van der Waals surface area contributed by atoms with E-state index in [1.165, 1.54) is 0 Å². The molecule has 0 aliphatic carbocycles. The van der Waals surface area contributed by atoms with Gasteiger partial charge in [-0.3, -0.25) is 9.59 Å². The SMILES string of the molecule is O=C(O)CCCC#CC#CCCCC(=O)Cl. The van der Waals surface area contributed by atoms with Gasteiger partial charge in [0.15, 0.2) is 0 Å². The maximum atomic E-state index is 10.3. The Morgan fingerprint density at radius 1 is 1.00 bits per heavy atom. The van der Waals surface area contributed by atoms with E-state index in [9.17, 15) is 9.59 Å². The molecular formula is C12H13ClO3. The summed E-state index contributed by atoms with van der Waals surface area (Å²) in [5, 5.41) is 8.00. The Morgan fingerprint density at radius 3 is 1.94 bits per heavy atom. The van der Waals surface area contributed by atoms with Crippen LogP contribution < -0.4 is 0 Å². The number of hydrogen-bond acceptors (Lipinski definition) is 2. The average Bonchev–Trinajstić information content (AvgIpc) is 2.20. The van der Waals surface area contributed by atoms with Crippen LogP contribution in [0.5, 0.6) is 0 Å². The molecule has 0 radical (unpaired) electrons. The van der Waals surface area contributed by atoms with Crippen LogP contribution in [0.2, 0.25) is 0 Å². The number of halogens is 1. The second kappa shape index (κ2) is 10.1. The van der Waals surface area contributed by atoms with Crippen LogP contribution >= 0.6 is 11.6 Å². The molecule has 0 aliphatic rings. The van der Waals surface area contributed by atoms with Gasteiger partial charge in [0.25, 0.3) is 0 Å². The van der Waals surface area contributed by atoms with E-state index in [4.69, 9.17) is 16.7 Å². The minimum atomic E-state index is -0.807. The van der Waals surface area contributed by atoms with Crippen LogP contribution in [0.25, 0.3) is 0 Å². The lowest BCUT2D eigenvalue weighted by Gasteiger charge is -1.86. The molecule has 0 unspecified atom stereocenters. The summed E-state index contributed by atoms with van der Waals surface area (Å²) in [4.78, 5) is 20.5. The molecule has 0 heterocycles. The van der Waals surface area contributed by atoms with E-state index >= 15 is 0 Å². The fraction of sp³-hybridized carbons (Fsp3) is 0.500. The predicted octanol–water partition coefficient (Wildman–Crippen LogP) is 2.18. The molecule has 1 N–H and O–H groups in total. The Balaban J connectivity index is 3.48. The van der Waals surface area contributed by atoms with Crippen LogP contribution in [0.4, 0.5) is 0 Å². The quantitative estimate of drug-likeness (QED) is 0.440. The zero-order valence-electron chi connectivity index (χ0n) is 8.88.